The van der Waals surface area contributed by atoms with Gasteiger partial charge in [0.2, 0.25) is 0 Å². The molecule has 0 saturated carbocycles. The van der Waals surface area contributed by atoms with Crippen LogP contribution in [0.5, 0.6) is 0 Å². The first-order valence-corrected chi connectivity index (χ1v) is 6.89. The molecule has 6 nitrogen and oxygen atoms in total. The molecule has 0 bridgehead atoms. The van der Waals surface area contributed by atoms with Gasteiger partial charge in [0.1, 0.15) is 11.7 Å². The monoisotopic (exact) mass is 272 g/mol. The molecule has 0 unspecified atom stereocenters. The van der Waals surface area contributed by atoms with Crippen molar-refractivity contribution in [3.63, 3.8) is 0 Å². The van der Waals surface area contributed by atoms with E-state index in [1.165, 1.54) is 0 Å². The summed E-state index contributed by atoms with van der Waals surface area (Å²) in [7, 11) is 0. The molecule has 0 amide bonds. The van der Waals surface area contributed by atoms with Gasteiger partial charge in [-0.15, -0.1) is 5.10 Å². The van der Waals surface area contributed by atoms with Gasteiger partial charge in [0.15, 0.2) is 5.82 Å². The molecule has 2 heterocycles. The van der Waals surface area contributed by atoms with Gasteiger partial charge in [-0.25, -0.2) is 4.98 Å². The first kappa shape index (κ1) is 14.2. The van der Waals surface area contributed by atoms with Crippen molar-refractivity contribution in [2.75, 3.05) is 0 Å². The Labute approximate surface area is 118 Å². The lowest BCUT2D eigenvalue weighted by Crippen LogP contribution is -2.21. The van der Waals surface area contributed by atoms with Crippen molar-refractivity contribution in [2.24, 2.45) is 5.73 Å². The number of nitrogens with zero attached hydrogens (tertiary/aromatic N) is 4. The van der Waals surface area contributed by atoms with Gasteiger partial charge >= 0.3 is 0 Å². The van der Waals surface area contributed by atoms with E-state index in [1.54, 1.807) is 6.20 Å². The molecule has 0 aromatic carbocycles. The van der Waals surface area contributed by atoms with Crippen molar-refractivity contribution < 1.29 is 0 Å². The van der Waals surface area contributed by atoms with Gasteiger partial charge in [-0.1, -0.05) is 20.8 Å². The zero-order valence-corrected chi connectivity index (χ0v) is 12.1. The summed E-state index contributed by atoms with van der Waals surface area (Å²) < 4.78 is 1.86. The van der Waals surface area contributed by atoms with Crippen LogP contribution in [0.4, 0.5) is 0 Å². The Morgan fingerprint density at radius 1 is 1.20 bits per heavy atom. The van der Waals surface area contributed by atoms with Crippen molar-refractivity contribution >= 4 is 5.84 Å². The van der Waals surface area contributed by atoms with E-state index < -0.39 is 0 Å². The molecule has 3 N–H and O–H groups in total. The van der Waals surface area contributed by atoms with Crippen LogP contribution in [0.25, 0.3) is 5.82 Å². The van der Waals surface area contributed by atoms with Crippen LogP contribution in [0.2, 0.25) is 0 Å². The van der Waals surface area contributed by atoms with Crippen molar-refractivity contribution in [1.29, 1.82) is 5.41 Å². The zero-order chi connectivity index (χ0) is 14.7. The normalized spacial score (nSPS) is 10.8. The van der Waals surface area contributed by atoms with E-state index in [2.05, 4.69) is 15.2 Å². The summed E-state index contributed by atoms with van der Waals surface area (Å²) in [5, 5.41) is 16.5. The van der Waals surface area contributed by atoms with Crippen LogP contribution in [-0.2, 0) is 19.3 Å². The number of hydrogen-bond donors (Lipinski definition) is 2. The third-order valence-corrected chi connectivity index (χ3v) is 3.36. The van der Waals surface area contributed by atoms with E-state index >= 15 is 0 Å². The molecule has 2 rings (SSSR count). The van der Waals surface area contributed by atoms with Gasteiger partial charge in [-0.2, -0.15) is 5.10 Å². The number of imidazole rings is 1. The number of nitrogens with one attached hydrogen (secondary N) is 1. The Kier molecular flexibility index (Phi) is 4.12. The standard InChI is InChI=1S/C14H20N6/c1-4-9-10(5-2)18-19-14(12(9)13(15)16)20-8-7-17-11(20)6-3/h7-8H,4-6H2,1-3H3,(H3,15,16). The SMILES string of the molecule is CCc1nnc(-n2ccnc2CC)c(C(=N)N)c1CC. The first-order chi connectivity index (χ1) is 9.63. The molecule has 0 radical (unpaired) electrons. The zero-order valence-electron chi connectivity index (χ0n) is 12.1. The van der Waals surface area contributed by atoms with E-state index in [9.17, 15) is 0 Å². The van der Waals surface area contributed by atoms with E-state index in [4.69, 9.17) is 11.1 Å². The number of rotatable bonds is 5. The Hall–Kier alpha value is -2.24. The van der Waals surface area contributed by atoms with E-state index in [1.807, 2.05) is 31.5 Å². The molecule has 0 aliphatic carbocycles. The average Bonchev–Trinajstić information content (AvgIpc) is 2.93. The third kappa shape index (κ3) is 2.29. The first-order valence-electron chi connectivity index (χ1n) is 6.89. The topological polar surface area (TPSA) is 93.5 Å². The van der Waals surface area contributed by atoms with Crippen molar-refractivity contribution in [1.82, 2.24) is 19.7 Å². The van der Waals surface area contributed by atoms with Crippen LogP contribution in [-0.4, -0.2) is 25.6 Å². The molecule has 0 aliphatic heterocycles. The number of aromatic nitrogens is 4. The maximum absolute atomic E-state index is 7.90. The molecule has 0 aliphatic rings. The van der Waals surface area contributed by atoms with Crippen LogP contribution in [0.1, 0.15) is 43.4 Å². The number of nitrogens with two attached hydrogens (primary N) is 1. The van der Waals surface area contributed by atoms with Crippen LogP contribution >= 0.6 is 0 Å². The lowest BCUT2D eigenvalue weighted by atomic mass is 10.0. The average molecular weight is 272 g/mol. The second-order valence-corrected chi connectivity index (χ2v) is 4.51. The van der Waals surface area contributed by atoms with E-state index in [-0.39, 0.29) is 5.84 Å². The summed E-state index contributed by atoms with van der Waals surface area (Å²) in [5.41, 5.74) is 8.37. The molecule has 20 heavy (non-hydrogen) atoms. The van der Waals surface area contributed by atoms with Crippen LogP contribution in [0.3, 0.4) is 0 Å². The second kappa shape index (κ2) is 5.81. The molecule has 2 aromatic rings. The second-order valence-electron chi connectivity index (χ2n) is 4.51. The van der Waals surface area contributed by atoms with Crippen LogP contribution in [0, 0.1) is 5.41 Å². The number of amidine groups is 1. The molecule has 0 atom stereocenters. The molecule has 0 spiro atoms. The number of nitrogen functional groups attached to an aromatic ring is 1. The van der Waals surface area contributed by atoms with Crippen molar-refractivity contribution in [2.45, 2.75) is 40.0 Å². The van der Waals surface area contributed by atoms with Gasteiger partial charge in [-0.3, -0.25) is 9.98 Å². The Morgan fingerprint density at radius 2 is 1.95 bits per heavy atom. The fourth-order valence-electron chi connectivity index (χ4n) is 2.40. The highest BCUT2D eigenvalue weighted by atomic mass is 15.2. The summed E-state index contributed by atoms with van der Waals surface area (Å²) in [6.45, 7) is 6.10. The lowest BCUT2D eigenvalue weighted by molar-refractivity contribution is 0.799. The predicted molar refractivity (Wildman–Crippen MR) is 78.3 cm³/mol. The minimum absolute atomic E-state index is 0.0252. The third-order valence-electron chi connectivity index (χ3n) is 3.36. The Balaban J connectivity index is 2.74. The number of aryl methyl sites for hydroxylation is 2. The fourth-order valence-corrected chi connectivity index (χ4v) is 2.40. The molecular weight excluding hydrogens is 252 g/mol. The largest absolute Gasteiger partial charge is 0.384 e. The summed E-state index contributed by atoms with van der Waals surface area (Å²) >= 11 is 0. The molecular formula is C14H20N6. The van der Waals surface area contributed by atoms with E-state index in [0.29, 0.717) is 11.4 Å². The summed E-state index contributed by atoms with van der Waals surface area (Å²) in [6, 6.07) is 0. The van der Waals surface area contributed by atoms with Gasteiger partial charge in [0.25, 0.3) is 0 Å². The minimum atomic E-state index is 0.0252. The molecule has 0 saturated heterocycles. The molecule has 2 aromatic heterocycles. The maximum Gasteiger partial charge on any atom is 0.172 e. The van der Waals surface area contributed by atoms with E-state index in [0.717, 1.165) is 36.3 Å². The van der Waals surface area contributed by atoms with Gasteiger partial charge in [0.05, 0.1) is 11.3 Å². The Morgan fingerprint density at radius 3 is 2.50 bits per heavy atom. The van der Waals surface area contributed by atoms with Gasteiger partial charge < -0.3 is 5.73 Å². The van der Waals surface area contributed by atoms with Gasteiger partial charge in [-0.05, 0) is 18.4 Å². The summed E-state index contributed by atoms with van der Waals surface area (Å²) in [4.78, 5) is 4.29. The summed E-state index contributed by atoms with van der Waals surface area (Å²) in [6.07, 6.45) is 5.89. The Bertz CT molecular complexity index is 629. The maximum atomic E-state index is 7.90. The molecule has 6 heteroatoms. The van der Waals surface area contributed by atoms with Gasteiger partial charge in [0, 0.05) is 18.8 Å². The van der Waals surface area contributed by atoms with Crippen LogP contribution < -0.4 is 5.73 Å². The minimum Gasteiger partial charge on any atom is -0.384 e. The highest BCUT2D eigenvalue weighted by Crippen LogP contribution is 2.21. The molecule has 0 fully saturated rings. The summed E-state index contributed by atoms with van der Waals surface area (Å²) in [5.74, 6) is 1.51. The predicted octanol–water partition coefficient (Wildman–Crippen LogP) is 1.63. The molecule has 106 valence electrons. The van der Waals surface area contributed by atoms with Crippen LogP contribution in [0.15, 0.2) is 12.4 Å². The van der Waals surface area contributed by atoms with Crippen molar-refractivity contribution in [3.05, 3.63) is 35.0 Å². The fraction of sp³-hybridized carbons (Fsp3) is 0.429. The highest BCUT2D eigenvalue weighted by Gasteiger charge is 2.19. The highest BCUT2D eigenvalue weighted by molar-refractivity contribution is 5.99. The smallest absolute Gasteiger partial charge is 0.172 e. The number of hydrogen-bond acceptors (Lipinski definition) is 4. The quantitative estimate of drug-likeness (QED) is 0.639. The lowest BCUT2D eigenvalue weighted by Gasteiger charge is -2.15. The van der Waals surface area contributed by atoms with Crippen molar-refractivity contribution in [3.8, 4) is 5.82 Å².